The summed E-state index contributed by atoms with van der Waals surface area (Å²) >= 11 is 7.02. The predicted molar refractivity (Wildman–Crippen MR) is 120 cm³/mol. The highest BCUT2D eigenvalue weighted by molar-refractivity contribution is 9.11. The molecular weight excluding hydrogens is 518 g/mol. The molecule has 1 N–H and O–H groups in total. The minimum atomic E-state index is -1.36. The molecule has 0 aromatic heterocycles. The third kappa shape index (κ3) is 2.99. The third-order valence-electron chi connectivity index (χ3n) is 5.84. The van der Waals surface area contributed by atoms with Gasteiger partial charge in [0, 0.05) is 22.7 Å². The van der Waals surface area contributed by atoms with Crippen LogP contribution in [-0.2, 0) is 10.3 Å². The summed E-state index contributed by atoms with van der Waals surface area (Å²) in [4.78, 5) is 27.0. The summed E-state index contributed by atoms with van der Waals surface area (Å²) in [6, 6.07) is 9.69. The summed E-state index contributed by atoms with van der Waals surface area (Å²) in [5.74, 6) is -0.260. The van der Waals surface area contributed by atoms with E-state index in [-0.39, 0.29) is 10.8 Å². The SMILES string of the molecule is C=CCOc1c(Br)cc([C@@H]2CN(C)[C@]3(C(=O)Nc4ccccc43)[C@H]2[N+](=O)[O-])cc1Br. The number of ether oxygens (including phenoxy) is 1. The number of nitro groups is 1. The Bertz CT molecular complexity index is 1040. The number of amides is 1. The van der Waals surface area contributed by atoms with Crippen LogP contribution in [0.15, 0.2) is 58.0 Å². The quantitative estimate of drug-likeness (QED) is 0.350. The number of likely N-dealkylation sites (N-methyl/N-ethyl adjacent to an activating group) is 1. The van der Waals surface area contributed by atoms with Gasteiger partial charge in [0.2, 0.25) is 0 Å². The first-order valence-corrected chi connectivity index (χ1v) is 10.9. The molecule has 1 amide bonds. The van der Waals surface area contributed by atoms with Crippen LogP contribution < -0.4 is 10.1 Å². The van der Waals surface area contributed by atoms with Gasteiger partial charge in [-0.25, -0.2) is 0 Å². The number of carbonyl (C=O) groups excluding carboxylic acids is 1. The molecule has 30 heavy (non-hydrogen) atoms. The Morgan fingerprint density at radius 2 is 2.03 bits per heavy atom. The fraction of sp³-hybridized carbons (Fsp3) is 0.286. The number of anilines is 1. The first kappa shape index (κ1) is 21.0. The van der Waals surface area contributed by atoms with E-state index in [0.29, 0.717) is 39.1 Å². The van der Waals surface area contributed by atoms with Crippen molar-refractivity contribution in [2.75, 3.05) is 25.5 Å². The molecule has 2 aliphatic heterocycles. The lowest BCUT2D eigenvalue weighted by molar-refractivity contribution is -0.534. The molecule has 0 aliphatic carbocycles. The maximum absolute atomic E-state index is 13.2. The second-order valence-corrected chi connectivity index (χ2v) is 9.11. The maximum atomic E-state index is 13.2. The van der Waals surface area contributed by atoms with Gasteiger partial charge in [0.15, 0.2) is 5.54 Å². The van der Waals surface area contributed by atoms with Crippen molar-refractivity contribution in [1.82, 2.24) is 4.90 Å². The number of fused-ring (bicyclic) bond motifs is 2. The molecule has 2 aromatic carbocycles. The fourth-order valence-electron chi connectivity index (χ4n) is 4.65. The summed E-state index contributed by atoms with van der Waals surface area (Å²) in [6.07, 6.45) is 1.64. The molecule has 2 aliphatic rings. The van der Waals surface area contributed by atoms with Crippen molar-refractivity contribution in [2.24, 2.45) is 0 Å². The molecule has 9 heteroatoms. The van der Waals surface area contributed by atoms with Crippen LogP contribution in [0.5, 0.6) is 5.75 Å². The predicted octanol–water partition coefficient (Wildman–Crippen LogP) is 4.30. The van der Waals surface area contributed by atoms with Crippen molar-refractivity contribution in [3.8, 4) is 5.75 Å². The molecule has 156 valence electrons. The first-order valence-electron chi connectivity index (χ1n) is 9.30. The highest BCUT2D eigenvalue weighted by Crippen LogP contribution is 2.52. The van der Waals surface area contributed by atoms with Gasteiger partial charge >= 0.3 is 0 Å². The van der Waals surface area contributed by atoms with E-state index in [2.05, 4.69) is 43.8 Å². The van der Waals surface area contributed by atoms with Crippen LogP contribution in [0.2, 0.25) is 0 Å². The van der Waals surface area contributed by atoms with Gasteiger partial charge in [0.05, 0.1) is 14.9 Å². The van der Waals surface area contributed by atoms with E-state index in [4.69, 9.17) is 4.74 Å². The van der Waals surface area contributed by atoms with Gasteiger partial charge in [-0.3, -0.25) is 19.8 Å². The molecule has 0 saturated carbocycles. The molecule has 1 saturated heterocycles. The van der Waals surface area contributed by atoms with Gasteiger partial charge in [-0.2, -0.15) is 0 Å². The Morgan fingerprint density at radius 3 is 2.67 bits per heavy atom. The highest BCUT2D eigenvalue weighted by Gasteiger charge is 2.68. The second-order valence-electron chi connectivity index (χ2n) is 7.40. The van der Waals surface area contributed by atoms with Crippen molar-refractivity contribution < 1.29 is 14.5 Å². The normalized spacial score (nSPS) is 25.2. The highest BCUT2D eigenvalue weighted by atomic mass is 79.9. The molecule has 1 fully saturated rings. The summed E-state index contributed by atoms with van der Waals surface area (Å²) in [7, 11) is 1.77. The van der Waals surface area contributed by atoms with Gasteiger partial charge in [-0.1, -0.05) is 30.9 Å². The largest absolute Gasteiger partial charge is 0.487 e. The van der Waals surface area contributed by atoms with E-state index in [1.165, 1.54) is 0 Å². The van der Waals surface area contributed by atoms with Crippen LogP contribution in [0.3, 0.4) is 0 Å². The number of halogens is 2. The Kier molecular flexibility index (Phi) is 5.46. The summed E-state index contributed by atoms with van der Waals surface area (Å²) in [6.45, 7) is 4.34. The van der Waals surface area contributed by atoms with Gasteiger partial charge in [-0.05, 0) is 62.7 Å². The van der Waals surface area contributed by atoms with Crippen molar-refractivity contribution in [1.29, 1.82) is 0 Å². The van der Waals surface area contributed by atoms with Crippen molar-refractivity contribution in [3.05, 3.63) is 79.2 Å². The fourth-order valence-corrected chi connectivity index (χ4v) is 6.10. The molecule has 1 spiro atoms. The number of nitrogens with one attached hydrogen (secondary N) is 1. The molecule has 0 radical (unpaired) electrons. The van der Waals surface area contributed by atoms with E-state index < -0.39 is 17.5 Å². The molecule has 2 aromatic rings. The average Bonchev–Trinajstić information content (AvgIpc) is 3.17. The minimum Gasteiger partial charge on any atom is -0.487 e. The lowest BCUT2D eigenvalue weighted by Gasteiger charge is -2.30. The molecule has 4 rings (SSSR count). The van der Waals surface area contributed by atoms with Gasteiger partial charge in [0.25, 0.3) is 11.9 Å². The van der Waals surface area contributed by atoms with Crippen LogP contribution >= 0.6 is 31.9 Å². The number of rotatable bonds is 5. The molecule has 0 bridgehead atoms. The van der Waals surface area contributed by atoms with E-state index in [1.807, 2.05) is 18.2 Å². The monoisotopic (exact) mass is 535 g/mol. The topological polar surface area (TPSA) is 84.7 Å². The molecule has 7 nitrogen and oxygen atoms in total. The van der Waals surface area contributed by atoms with Crippen molar-refractivity contribution in [3.63, 3.8) is 0 Å². The number of hydrogen-bond acceptors (Lipinski definition) is 5. The average molecular weight is 537 g/mol. The van der Waals surface area contributed by atoms with Gasteiger partial charge in [-0.15, -0.1) is 0 Å². The smallest absolute Gasteiger partial charge is 0.256 e. The number of nitrogens with zero attached hydrogens (tertiary/aromatic N) is 2. The molecule has 0 unspecified atom stereocenters. The van der Waals surface area contributed by atoms with E-state index in [0.717, 1.165) is 5.56 Å². The number of para-hydroxylation sites is 1. The Balaban J connectivity index is 1.83. The van der Waals surface area contributed by atoms with Crippen molar-refractivity contribution >= 4 is 43.5 Å². The Morgan fingerprint density at radius 1 is 1.37 bits per heavy atom. The third-order valence-corrected chi connectivity index (χ3v) is 7.01. The lowest BCUT2D eigenvalue weighted by Crippen LogP contribution is -2.54. The lowest BCUT2D eigenvalue weighted by atomic mass is 9.79. The molecular formula is C21H19Br2N3O4. The van der Waals surface area contributed by atoms with Gasteiger partial charge in [0.1, 0.15) is 12.4 Å². The molecule has 2 heterocycles. The zero-order valence-electron chi connectivity index (χ0n) is 16.1. The molecule has 3 atom stereocenters. The van der Waals surface area contributed by atoms with Crippen LogP contribution in [0.4, 0.5) is 5.69 Å². The van der Waals surface area contributed by atoms with Crippen LogP contribution in [-0.4, -0.2) is 42.0 Å². The standard InChI is InChI=1S/C21H19Br2N3O4/c1-3-8-30-18-15(22)9-12(10-16(18)23)13-11-25(2)21(19(13)26(28)29)14-6-4-5-7-17(14)24-20(21)27/h3-7,9-10,13,19H,1,8,11H2,2H3,(H,24,27)/t13-,19-,21-/m0/s1. The first-order chi connectivity index (χ1) is 14.3. The number of likely N-dealkylation sites (tertiary alicyclic amines) is 1. The zero-order chi connectivity index (χ0) is 21.6. The second kappa shape index (κ2) is 7.79. The maximum Gasteiger partial charge on any atom is 0.256 e. The summed E-state index contributed by atoms with van der Waals surface area (Å²) < 4.78 is 7.02. The van der Waals surface area contributed by atoms with E-state index in [1.54, 1.807) is 36.2 Å². The van der Waals surface area contributed by atoms with Crippen LogP contribution in [0, 0.1) is 10.1 Å². The number of hydrogen-bond donors (Lipinski definition) is 1. The number of benzene rings is 2. The number of carbonyl (C=O) groups is 1. The van der Waals surface area contributed by atoms with E-state index >= 15 is 0 Å². The summed E-state index contributed by atoms with van der Waals surface area (Å²) in [5, 5.41) is 15.2. The zero-order valence-corrected chi connectivity index (χ0v) is 19.3. The minimum absolute atomic E-state index is 0.320. The van der Waals surface area contributed by atoms with Crippen LogP contribution in [0.1, 0.15) is 17.0 Å². The van der Waals surface area contributed by atoms with Gasteiger partial charge < -0.3 is 10.1 Å². The van der Waals surface area contributed by atoms with E-state index in [9.17, 15) is 14.9 Å². The Labute approximate surface area is 190 Å². The van der Waals surface area contributed by atoms with Crippen LogP contribution in [0.25, 0.3) is 0 Å². The summed E-state index contributed by atoms with van der Waals surface area (Å²) in [5.41, 5.74) is 0.660. The Hall–Kier alpha value is -2.23. The van der Waals surface area contributed by atoms with Crippen molar-refractivity contribution in [2.45, 2.75) is 17.5 Å².